The number of sulfonamides is 1. The van der Waals surface area contributed by atoms with E-state index >= 15 is 0 Å². The summed E-state index contributed by atoms with van der Waals surface area (Å²) in [4.78, 5) is 25.0. The molecule has 0 aliphatic carbocycles. The highest BCUT2D eigenvalue weighted by Gasteiger charge is 2.35. The maximum Gasteiger partial charge on any atom is 0.331 e. The van der Waals surface area contributed by atoms with Gasteiger partial charge < -0.3 is 10.1 Å². The Hall–Kier alpha value is -3.65. The molecule has 8 heteroatoms. The number of nitrogens with one attached hydrogen (secondary N) is 1. The molecule has 1 atom stereocenters. The summed E-state index contributed by atoms with van der Waals surface area (Å²) in [6.07, 6.45) is 0.308. The number of para-hydroxylation sites is 1. The van der Waals surface area contributed by atoms with Crippen LogP contribution in [0, 0.1) is 0 Å². The van der Waals surface area contributed by atoms with Crippen molar-refractivity contribution in [2.75, 3.05) is 11.4 Å². The summed E-state index contributed by atoms with van der Waals surface area (Å²) in [5, 5.41) is 2.67. The summed E-state index contributed by atoms with van der Waals surface area (Å²) in [6, 6.07) is 23.9. The number of hydrogen-bond donors (Lipinski definition) is 1. The van der Waals surface area contributed by atoms with E-state index in [9.17, 15) is 18.0 Å². The zero-order valence-corrected chi connectivity index (χ0v) is 20.2. The third-order valence-corrected chi connectivity index (χ3v) is 7.40. The van der Waals surface area contributed by atoms with Crippen molar-refractivity contribution in [1.29, 1.82) is 0 Å². The Morgan fingerprint density at radius 1 is 0.941 bits per heavy atom. The third-order valence-electron chi connectivity index (χ3n) is 5.63. The van der Waals surface area contributed by atoms with E-state index in [0.29, 0.717) is 12.1 Å². The van der Waals surface area contributed by atoms with Crippen molar-refractivity contribution in [2.45, 2.75) is 37.2 Å². The molecule has 0 aliphatic rings. The topological polar surface area (TPSA) is 92.8 Å². The van der Waals surface area contributed by atoms with Gasteiger partial charge in [0.1, 0.15) is 5.54 Å². The van der Waals surface area contributed by atoms with Crippen LogP contribution in [0.4, 0.5) is 5.69 Å². The lowest BCUT2D eigenvalue weighted by Crippen LogP contribution is -2.52. The molecule has 0 radical (unpaired) electrons. The molecule has 0 bridgehead atoms. The lowest BCUT2D eigenvalue weighted by molar-refractivity contribution is -0.147. The molecule has 0 heterocycles. The second kappa shape index (κ2) is 10.5. The van der Waals surface area contributed by atoms with E-state index in [2.05, 4.69) is 5.32 Å². The molecule has 34 heavy (non-hydrogen) atoms. The Labute approximate surface area is 200 Å². The van der Waals surface area contributed by atoms with Crippen LogP contribution in [0.3, 0.4) is 0 Å². The first-order valence-corrected chi connectivity index (χ1v) is 12.3. The Morgan fingerprint density at radius 2 is 1.56 bits per heavy atom. The molecule has 1 N–H and O–H groups in total. The van der Waals surface area contributed by atoms with Crippen LogP contribution in [0.2, 0.25) is 0 Å². The van der Waals surface area contributed by atoms with Crippen molar-refractivity contribution in [1.82, 2.24) is 5.32 Å². The Kier molecular flexibility index (Phi) is 7.73. The molecular formula is C26H28N2O5S. The number of rotatable bonds is 9. The van der Waals surface area contributed by atoms with Crippen LogP contribution in [0.1, 0.15) is 36.2 Å². The number of amides is 1. The van der Waals surface area contributed by atoms with E-state index in [1.807, 2.05) is 36.4 Å². The molecule has 0 spiro atoms. The van der Waals surface area contributed by atoms with Crippen LogP contribution in [-0.4, -0.2) is 32.9 Å². The van der Waals surface area contributed by atoms with Gasteiger partial charge in [-0.1, -0.05) is 61.5 Å². The maximum absolute atomic E-state index is 13.7. The van der Waals surface area contributed by atoms with Crippen LogP contribution in [0.15, 0.2) is 89.8 Å². The van der Waals surface area contributed by atoms with Crippen molar-refractivity contribution in [2.24, 2.45) is 0 Å². The summed E-state index contributed by atoms with van der Waals surface area (Å²) >= 11 is 0. The van der Waals surface area contributed by atoms with E-state index in [1.165, 1.54) is 35.7 Å². The number of benzene rings is 3. The number of ether oxygens (including phenoxy) is 1. The molecule has 0 aromatic heterocycles. The number of nitrogens with zero attached hydrogens (tertiary/aromatic N) is 1. The first kappa shape index (κ1) is 25.0. The Morgan fingerprint density at radius 3 is 2.15 bits per heavy atom. The lowest BCUT2D eigenvalue weighted by atomic mass is 9.98. The van der Waals surface area contributed by atoms with Crippen LogP contribution in [0.25, 0.3) is 0 Å². The second-order valence-corrected chi connectivity index (χ2v) is 9.85. The van der Waals surface area contributed by atoms with Gasteiger partial charge in [0.05, 0.1) is 24.2 Å². The SMILES string of the molecule is CCC(C)(NC(=O)c1cccc(S(=O)(=O)N(Cc2ccccc2)c2ccccc2)c1)C(=O)OC. The molecule has 3 rings (SSSR count). The largest absolute Gasteiger partial charge is 0.467 e. The first-order chi connectivity index (χ1) is 16.2. The van der Waals surface area contributed by atoms with Gasteiger partial charge in [0, 0.05) is 5.56 Å². The number of methoxy groups -OCH3 is 1. The van der Waals surface area contributed by atoms with E-state index in [4.69, 9.17) is 4.74 Å². The summed E-state index contributed by atoms with van der Waals surface area (Å²) in [5.41, 5.74) is 0.216. The maximum atomic E-state index is 13.7. The van der Waals surface area contributed by atoms with Crippen molar-refractivity contribution in [3.05, 3.63) is 96.1 Å². The number of esters is 1. The van der Waals surface area contributed by atoms with Gasteiger partial charge in [-0.15, -0.1) is 0 Å². The summed E-state index contributed by atoms with van der Waals surface area (Å²) < 4.78 is 33.6. The van der Waals surface area contributed by atoms with Gasteiger partial charge >= 0.3 is 5.97 Å². The summed E-state index contributed by atoms with van der Waals surface area (Å²) in [7, 11) is -2.77. The molecule has 7 nitrogen and oxygen atoms in total. The van der Waals surface area contributed by atoms with E-state index in [0.717, 1.165) is 5.56 Å². The molecule has 0 saturated heterocycles. The highest BCUT2D eigenvalue weighted by molar-refractivity contribution is 7.92. The third kappa shape index (κ3) is 5.46. The van der Waals surface area contributed by atoms with E-state index in [1.54, 1.807) is 38.1 Å². The normalized spacial score (nSPS) is 12.9. The van der Waals surface area contributed by atoms with Crippen LogP contribution in [0.5, 0.6) is 0 Å². The molecule has 0 saturated carbocycles. The minimum absolute atomic E-state index is 0.0313. The highest BCUT2D eigenvalue weighted by Crippen LogP contribution is 2.26. The van der Waals surface area contributed by atoms with Gasteiger partial charge in [-0.05, 0) is 49.2 Å². The minimum atomic E-state index is -4.02. The second-order valence-electron chi connectivity index (χ2n) is 7.99. The minimum Gasteiger partial charge on any atom is -0.467 e. The molecule has 0 aliphatic heterocycles. The molecule has 0 fully saturated rings. The smallest absolute Gasteiger partial charge is 0.331 e. The molecule has 3 aromatic rings. The number of anilines is 1. The Balaban J connectivity index is 1.98. The van der Waals surface area contributed by atoms with Gasteiger partial charge in [0.25, 0.3) is 15.9 Å². The monoisotopic (exact) mass is 480 g/mol. The van der Waals surface area contributed by atoms with Crippen LogP contribution >= 0.6 is 0 Å². The quantitative estimate of drug-likeness (QED) is 0.465. The zero-order chi connectivity index (χ0) is 24.8. The zero-order valence-electron chi connectivity index (χ0n) is 19.4. The average molecular weight is 481 g/mol. The fraction of sp³-hybridized carbons (Fsp3) is 0.231. The van der Waals surface area contributed by atoms with Gasteiger partial charge in [-0.25, -0.2) is 13.2 Å². The lowest BCUT2D eigenvalue weighted by Gasteiger charge is -2.27. The van der Waals surface area contributed by atoms with Crippen molar-refractivity contribution >= 4 is 27.6 Å². The van der Waals surface area contributed by atoms with Gasteiger partial charge in [0.2, 0.25) is 0 Å². The van der Waals surface area contributed by atoms with Crippen LogP contribution < -0.4 is 9.62 Å². The summed E-state index contributed by atoms with van der Waals surface area (Å²) in [5.74, 6) is -1.15. The number of hydrogen-bond acceptors (Lipinski definition) is 5. The number of carbonyl (C=O) groups excluding carboxylic acids is 2. The summed E-state index contributed by atoms with van der Waals surface area (Å²) in [6.45, 7) is 3.44. The fourth-order valence-electron chi connectivity index (χ4n) is 3.42. The van der Waals surface area contributed by atoms with Gasteiger partial charge in [-0.2, -0.15) is 0 Å². The predicted molar refractivity (Wildman–Crippen MR) is 131 cm³/mol. The first-order valence-electron chi connectivity index (χ1n) is 10.8. The fourth-order valence-corrected chi connectivity index (χ4v) is 4.91. The van der Waals surface area contributed by atoms with Gasteiger partial charge in [0.15, 0.2) is 0 Å². The average Bonchev–Trinajstić information content (AvgIpc) is 2.87. The van der Waals surface area contributed by atoms with Crippen molar-refractivity contribution < 1.29 is 22.7 Å². The molecule has 1 amide bonds. The van der Waals surface area contributed by atoms with E-state index < -0.39 is 27.4 Å². The van der Waals surface area contributed by atoms with Gasteiger partial charge in [-0.3, -0.25) is 9.10 Å². The van der Waals surface area contributed by atoms with Crippen molar-refractivity contribution in [3.63, 3.8) is 0 Å². The highest BCUT2D eigenvalue weighted by atomic mass is 32.2. The van der Waals surface area contributed by atoms with Crippen LogP contribution in [-0.2, 0) is 26.1 Å². The standard InChI is InChI=1S/C26H28N2O5S/c1-4-26(2,25(30)33-3)27-24(29)21-14-11-17-23(18-21)34(31,32)28(22-15-9-6-10-16-22)19-20-12-7-5-8-13-20/h5-18H,4,19H2,1-3H3,(H,27,29). The molecular weight excluding hydrogens is 452 g/mol. The molecule has 178 valence electrons. The molecule has 1 unspecified atom stereocenters. The van der Waals surface area contributed by atoms with E-state index in [-0.39, 0.29) is 17.0 Å². The van der Waals surface area contributed by atoms with Crippen molar-refractivity contribution in [3.8, 4) is 0 Å². The Bertz CT molecular complexity index is 1250. The molecule has 3 aromatic carbocycles. The number of carbonyl (C=O) groups is 2. The predicted octanol–water partition coefficient (Wildman–Crippen LogP) is 4.15.